The van der Waals surface area contributed by atoms with E-state index in [2.05, 4.69) is 0 Å². The largest absolute Gasteiger partial charge is 0.416 e. The molecule has 2 rings (SSSR count). The zero-order valence-corrected chi connectivity index (χ0v) is 11.9. The van der Waals surface area contributed by atoms with Crippen molar-refractivity contribution >= 4 is 5.91 Å². The lowest BCUT2D eigenvalue weighted by atomic mass is 9.77. The van der Waals surface area contributed by atoms with Crippen LogP contribution in [-0.2, 0) is 6.18 Å². The van der Waals surface area contributed by atoms with E-state index in [9.17, 15) is 26.7 Å². The standard InChI is InChI=1S/C15H16F5NO/c1-8-10(13(21)22)2-3-11(15(18,19)20)12(8)9-4-6-14(16,17)7-5-9/h2-3,9H,4-7H2,1H3,(H2,21,22). The van der Waals surface area contributed by atoms with Crippen LogP contribution in [0.3, 0.4) is 0 Å². The van der Waals surface area contributed by atoms with Gasteiger partial charge in [0.2, 0.25) is 11.8 Å². The number of rotatable bonds is 2. The van der Waals surface area contributed by atoms with Crippen LogP contribution in [0, 0.1) is 6.92 Å². The molecule has 7 heteroatoms. The zero-order valence-electron chi connectivity index (χ0n) is 11.9. The fourth-order valence-corrected chi connectivity index (χ4v) is 3.10. The van der Waals surface area contributed by atoms with Crippen molar-refractivity contribution in [2.45, 2.75) is 50.6 Å². The summed E-state index contributed by atoms with van der Waals surface area (Å²) in [5.41, 5.74) is 4.37. The zero-order chi connectivity index (χ0) is 16.7. The van der Waals surface area contributed by atoms with Gasteiger partial charge in [-0.15, -0.1) is 0 Å². The second kappa shape index (κ2) is 5.52. The van der Waals surface area contributed by atoms with Crippen molar-refractivity contribution in [1.82, 2.24) is 0 Å². The molecule has 0 bridgehead atoms. The van der Waals surface area contributed by atoms with E-state index in [0.717, 1.165) is 12.1 Å². The number of benzene rings is 1. The molecule has 122 valence electrons. The van der Waals surface area contributed by atoms with E-state index in [-0.39, 0.29) is 29.5 Å². The first-order chi connectivity index (χ1) is 10.0. The van der Waals surface area contributed by atoms with Crippen LogP contribution in [0.15, 0.2) is 12.1 Å². The number of hydrogen-bond donors (Lipinski definition) is 1. The molecule has 0 aromatic heterocycles. The molecule has 1 aromatic rings. The third-order valence-electron chi connectivity index (χ3n) is 4.21. The van der Waals surface area contributed by atoms with E-state index in [1.54, 1.807) is 0 Å². The van der Waals surface area contributed by atoms with Crippen LogP contribution in [0.4, 0.5) is 22.0 Å². The monoisotopic (exact) mass is 321 g/mol. The van der Waals surface area contributed by atoms with Gasteiger partial charge in [0, 0.05) is 18.4 Å². The Balaban J connectivity index is 2.52. The Morgan fingerprint density at radius 1 is 1.23 bits per heavy atom. The average molecular weight is 321 g/mol. The van der Waals surface area contributed by atoms with Crippen LogP contribution in [0.2, 0.25) is 0 Å². The Bertz CT molecular complexity index is 584. The molecule has 1 saturated carbocycles. The molecule has 0 atom stereocenters. The summed E-state index contributed by atoms with van der Waals surface area (Å²) in [6, 6.07) is 1.86. The van der Waals surface area contributed by atoms with Gasteiger partial charge in [0.25, 0.3) is 0 Å². The Kier molecular flexibility index (Phi) is 4.19. The number of amides is 1. The highest BCUT2D eigenvalue weighted by atomic mass is 19.4. The van der Waals surface area contributed by atoms with Crippen molar-refractivity contribution in [1.29, 1.82) is 0 Å². The molecule has 1 aliphatic carbocycles. The number of carbonyl (C=O) groups is 1. The van der Waals surface area contributed by atoms with Crippen molar-refractivity contribution in [2.24, 2.45) is 5.73 Å². The average Bonchev–Trinajstić information content (AvgIpc) is 2.37. The minimum Gasteiger partial charge on any atom is -0.366 e. The highest BCUT2D eigenvalue weighted by Crippen LogP contribution is 2.46. The lowest BCUT2D eigenvalue weighted by Gasteiger charge is -2.31. The van der Waals surface area contributed by atoms with Gasteiger partial charge in [0.1, 0.15) is 0 Å². The maximum absolute atomic E-state index is 13.2. The van der Waals surface area contributed by atoms with Gasteiger partial charge < -0.3 is 5.73 Å². The minimum absolute atomic E-state index is 0.000309. The van der Waals surface area contributed by atoms with Gasteiger partial charge in [-0.2, -0.15) is 13.2 Å². The number of hydrogen-bond acceptors (Lipinski definition) is 1. The van der Waals surface area contributed by atoms with Gasteiger partial charge in [-0.1, -0.05) is 0 Å². The molecule has 0 aliphatic heterocycles. The molecule has 1 aliphatic rings. The first-order valence-corrected chi connectivity index (χ1v) is 6.91. The molecule has 1 fully saturated rings. The summed E-state index contributed by atoms with van der Waals surface area (Å²) < 4.78 is 66.1. The number of nitrogens with two attached hydrogens (primary N) is 1. The van der Waals surface area contributed by atoms with Crippen LogP contribution in [-0.4, -0.2) is 11.8 Å². The second-order valence-corrected chi connectivity index (χ2v) is 5.69. The maximum Gasteiger partial charge on any atom is 0.416 e. The van der Waals surface area contributed by atoms with Crippen molar-refractivity contribution in [3.05, 3.63) is 34.4 Å². The molecule has 2 N–H and O–H groups in total. The predicted molar refractivity (Wildman–Crippen MR) is 70.9 cm³/mol. The van der Waals surface area contributed by atoms with Gasteiger partial charge in [0.15, 0.2) is 0 Å². The van der Waals surface area contributed by atoms with Gasteiger partial charge in [-0.05, 0) is 48.9 Å². The van der Waals surface area contributed by atoms with Crippen molar-refractivity contribution in [2.75, 3.05) is 0 Å². The molecule has 0 saturated heterocycles. The molecule has 0 radical (unpaired) electrons. The summed E-state index contributed by atoms with van der Waals surface area (Å²) in [6.07, 6.45) is -5.58. The fourth-order valence-electron chi connectivity index (χ4n) is 3.10. The third kappa shape index (κ3) is 3.23. The normalized spacial score (nSPS) is 19.2. The molecule has 0 spiro atoms. The quantitative estimate of drug-likeness (QED) is 0.806. The lowest BCUT2D eigenvalue weighted by molar-refractivity contribution is -0.138. The molecule has 2 nitrogen and oxygen atoms in total. The fraction of sp³-hybridized carbons (Fsp3) is 0.533. The van der Waals surface area contributed by atoms with Crippen molar-refractivity contribution in [3.63, 3.8) is 0 Å². The van der Waals surface area contributed by atoms with E-state index in [0.29, 0.717) is 0 Å². The van der Waals surface area contributed by atoms with E-state index in [1.165, 1.54) is 6.92 Å². The Labute approximate surface area is 124 Å². The minimum atomic E-state index is -4.60. The lowest BCUT2D eigenvalue weighted by Crippen LogP contribution is -2.26. The highest BCUT2D eigenvalue weighted by Gasteiger charge is 2.41. The maximum atomic E-state index is 13.2. The Morgan fingerprint density at radius 3 is 2.23 bits per heavy atom. The highest BCUT2D eigenvalue weighted by molar-refractivity contribution is 5.94. The Morgan fingerprint density at radius 2 is 1.77 bits per heavy atom. The summed E-state index contributed by atoms with van der Waals surface area (Å²) in [5, 5.41) is 0. The first kappa shape index (κ1) is 16.7. The van der Waals surface area contributed by atoms with Gasteiger partial charge in [-0.25, -0.2) is 8.78 Å². The summed E-state index contributed by atoms with van der Waals surface area (Å²) in [7, 11) is 0. The topological polar surface area (TPSA) is 43.1 Å². The number of carbonyl (C=O) groups excluding carboxylic acids is 1. The first-order valence-electron chi connectivity index (χ1n) is 6.91. The molecular formula is C15H16F5NO. The van der Waals surface area contributed by atoms with Crippen LogP contribution in [0.25, 0.3) is 0 Å². The van der Waals surface area contributed by atoms with E-state index in [4.69, 9.17) is 5.73 Å². The predicted octanol–water partition coefficient (Wildman–Crippen LogP) is 4.41. The van der Waals surface area contributed by atoms with Crippen LogP contribution in [0.1, 0.15) is 58.6 Å². The SMILES string of the molecule is Cc1c(C(N)=O)ccc(C(F)(F)F)c1C1CCC(F)(F)CC1. The summed E-state index contributed by atoms with van der Waals surface area (Å²) in [5.74, 6) is -4.30. The molecular weight excluding hydrogens is 305 g/mol. The summed E-state index contributed by atoms with van der Waals surface area (Å²) in [6.45, 7) is 1.39. The number of alkyl halides is 5. The Hall–Kier alpha value is -1.66. The van der Waals surface area contributed by atoms with Crippen LogP contribution < -0.4 is 5.73 Å². The molecule has 22 heavy (non-hydrogen) atoms. The third-order valence-corrected chi connectivity index (χ3v) is 4.21. The molecule has 1 aromatic carbocycles. The molecule has 0 heterocycles. The van der Waals surface area contributed by atoms with Crippen LogP contribution >= 0.6 is 0 Å². The smallest absolute Gasteiger partial charge is 0.366 e. The van der Waals surface area contributed by atoms with E-state index < -0.39 is 42.3 Å². The van der Waals surface area contributed by atoms with Gasteiger partial charge >= 0.3 is 6.18 Å². The molecule has 0 unspecified atom stereocenters. The van der Waals surface area contributed by atoms with Gasteiger partial charge in [0.05, 0.1) is 5.56 Å². The van der Waals surface area contributed by atoms with Crippen molar-refractivity contribution < 1.29 is 26.7 Å². The van der Waals surface area contributed by atoms with E-state index >= 15 is 0 Å². The number of primary amides is 1. The number of halogens is 5. The van der Waals surface area contributed by atoms with E-state index in [1.807, 2.05) is 0 Å². The van der Waals surface area contributed by atoms with Crippen LogP contribution in [0.5, 0.6) is 0 Å². The second-order valence-electron chi connectivity index (χ2n) is 5.69. The van der Waals surface area contributed by atoms with Gasteiger partial charge in [-0.3, -0.25) is 4.79 Å². The summed E-state index contributed by atoms with van der Waals surface area (Å²) in [4.78, 5) is 11.3. The molecule has 1 amide bonds. The summed E-state index contributed by atoms with van der Waals surface area (Å²) >= 11 is 0. The van der Waals surface area contributed by atoms with Crippen molar-refractivity contribution in [3.8, 4) is 0 Å².